The summed E-state index contributed by atoms with van der Waals surface area (Å²) in [6, 6.07) is 0. The second-order valence-electron chi connectivity index (χ2n) is 11.1. The van der Waals surface area contributed by atoms with E-state index in [-0.39, 0.29) is 52.0 Å². The standard InChI is InChI=1S/C8H17N.C5H11N.C5H10.2C4H10.2C2H6.7CH4/c1-8(2,3)9-6-4-5-7-9;1-6-4-2-3-5-6;1-2-4-5-3-1;2*1-4(2)3;2*1-2;;;;;;;/h4-7H2,1-3H3;2-5H2,1H3;1-5H2;2*4H,1-3H3;2*1-2H3;7*1H4. The first-order valence-corrected chi connectivity index (χ1v) is 14.4. The van der Waals surface area contributed by atoms with Gasteiger partial charge in [0, 0.05) is 5.54 Å². The Morgan fingerprint density at radius 1 is 0.410 bits per heavy atom. The quantitative estimate of drug-likeness (QED) is 0.286. The molecule has 0 unspecified atom stereocenters. The second kappa shape index (κ2) is 54.1. The average molecular weight is 571 g/mol. The van der Waals surface area contributed by atoms with Gasteiger partial charge in [0.2, 0.25) is 0 Å². The van der Waals surface area contributed by atoms with Crippen molar-refractivity contribution in [1.29, 1.82) is 0 Å². The first-order chi connectivity index (χ1) is 15.0. The van der Waals surface area contributed by atoms with Crippen molar-refractivity contribution in [3.63, 3.8) is 0 Å². The van der Waals surface area contributed by atoms with E-state index < -0.39 is 0 Å². The van der Waals surface area contributed by atoms with E-state index in [0.29, 0.717) is 5.54 Å². The van der Waals surface area contributed by atoms with Gasteiger partial charge in [-0.3, -0.25) is 4.90 Å². The molecule has 3 rings (SSSR count). The maximum atomic E-state index is 2.55. The molecule has 0 N–H and O–H groups in total. The van der Waals surface area contributed by atoms with Gasteiger partial charge in [0.05, 0.1) is 0 Å². The zero-order chi connectivity index (χ0) is 26.0. The van der Waals surface area contributed by atoms with Crippen LogP contribution in [0.2, 0.25) is 0 Å². The Morgan fingerprint density at radius 2 is 0.590 bits per heavy atom. The molecule has 3 fully saturated rings. The molecule has 2 saturated heterocycles. The molecule has 3 aliphatic rings. The summed E-state index contributed by atoms with van der Waals surface area (Å²) in [6.45, 7) is 33.1. The summed E-state index contributed by atoms with van der Waals surface area (Å²) >= 11 is 0. The van der Waals surface area contributed by atoms with Crippen LogP contribution in [0.5, 0.6) is 0 Å². The summed E-state index contributed by atoms with van der Waals surface area (Å²) in [7, 11) is 2.17. The van der Waals surface area contributed by atoms with Crippen molar-refractivity contribution < 1.29 is 0 Å². The topological polar surface area (TPSA) is 6.48 Å². The number of hydrogen-bond donors (Lipinski definition) is 0. The van der Waals surface area contributed by atoms with Gasteiger partial charge in [0.1, 0.15) is 0 Å². The third-order valence-electron chi connectivity index (χ3n) is 4.63. The first-order valence-electron chi connectivity index (χ1n) is 14.4. The number of hydrogen-bond acceptors (Lipinski definition) is 2. The minimum absolute atomic E-state index is 0. The highest BCUT2D eigenvalue weighted by molar-refractivity contribution is 4.79. The third-order valence-corrected chi connectivity index (χ3v) is 4.63. The highest BCUT2D eigenvalue weighted by Gasteiger charge is 2.23. The highest BCUT2D eigenvalue weighted by atomic mass is 15.2. The Hall–Kier alpha value is -0.0800. The fourth-order valence-electron chi connectivity index (χ4n) is 3.15. The van der Waals surface area contributed by atoms with Crippen molar-refractivity contribution in [2.24, 2.45) is 11.8 Å². The minimum atomic E-state index is 0. The van der Waals surface area contributed by atoms with E-state index in [9.17, 15) is 0 Å². The second-order valence-corrected chi connectivity index (χ2v) is 11.1. The van der Waals surface area contributed by atoms with E-state index in [1.807, 2.05) is 27.7 Å². The lowest BCUT2D eigenvalue weighted by molar-refractivity contribution is 0.175. The summed E-state index contributed by atoms with van der Waals surface area (Å²) in [5.41, 5.74) is 0.413. The van der Waals surface area contributed by atoms with Crippen LogP contribution in [-0.2, 0) is 0 Å². The molecule has 2 aliphatic heterocycles. The fraction of sp³-hybridized carbons (Fsp3) is 1.00. The van der Waals surface area contributed by atoms with Crippen molar-refractivity contribution >= 4 is 0 Å². The predicted octanol–water partition coefficient (Wildman–Crippen LogP) is 14.4. The van der Waals surface area contributed by atoms with Gasteiger partial charge in [0.25, 0.3) is 0 Å². The molecule has 0 spiro atoms. The van der Waals surface area contributed by atoms with Crippen LogP contribution in [0, 0.1) is 11.8 Å². The molecule has 1 saturated carbocycles. The molecule has 2 heterocycles. The highest BCUT2D eigenvalue weighted by Crippen LogP contribution is 2.19. The van der Waals surface area contributed by atoms with E-state index in [4.69, 9.17) is 0 Å². The summed E-state index contributed by atoms with van der Waals surface area (Å²) in [5, 5.41) is 0. The Kier molecular flexibility index (Phi) is 99.5. The molecular formula is C37H98N2. The third kappa shape index (κ3) is 78.8. The van der Waals surface area contributed by atoms with Crippen LogP contribution < -0.4 is 0 Å². The number of likely N-dealkylation sites (tertiary alicyclic amines) is 2. The van der Waals surface area contributed by atoms with E-state index in [0.717, 1.165) is 11.8 Å². The van der Waals surface area contributed by atoms with E-state index >= 15 is 0 Å². The molecule has 0 atom stereocenters. The lowest BCUT2D eigenvalue weighted by atomic mass is 10.1. The lowest BCUT2D eigenvalue weighted by Gasteiger charge is -2.31. The van der Waals surface area contributed by atoms with Gasteiger partial charge < -0.3 is 4.90 Å². The summed E-state index contributed by atoms with van der Waals surface area (Å²) < 4.78 is 0. The van der Waals surface area contributed by atoms with Gasteiger partial charge in [-0.25, -0.2) is 0 Å². The molecular weight excluding hydrogens is 472 g/mol. The van der Waals surface area contributed by atoms with Crippen molar-refractivity contribution in [2.75, 3.05) is 33.2 Å². The van der Waals surface area contributed by atoms with Crippen LogP contribution >= 0.6 is 0 Å². The largest absolute Gasteiger partial charge is 0.306 e. The lowest BCUT2D eigenvalue weighted by Crippen LogP contribution is -2.38. The van der Waals surface area contributed by atoms with Crippen LogP contribution in [0.15, 0.2) is 0 Å². The fourth-order valence-corrected chi connectivity index (χ4v) is 3.15. The molecule has 0 amide bonds. The Morgan fingerprint density at radius 3 is 0.692 bits per heavy atom. The zero-order valence-corrected chi connectivity index (χ0v) is 25.7. The monoisotopic (exact) mass is 571 g/mol. The maximum Gasteiger partial charge on any atom is 0.0125 e. The molecule has 0 radical (unpaired) electrons. The van der Waals surface area contributed by atoms with Crippen LogP contribution in [0.25, 0.3) is 0 Å². The van der Waals surface area contributed by atoms with Crippen LogP contribution in [-0.4, -0.2) is 48.6 Å². The van der Waals surface area contributed by atoms with Crippen LogP contribution in [0.1, 0.15) is 200 Å². The van der Waals surface area contributed by atoms with Gasteiger partial charge in [-0.15, -0.1) is 0 Å². The molecule has 2 nitrogen and oxygen atoms in total. The molecule has 39 heavy (non-hydrogen) atoms. The molecule has 0 aromatic heterocycles. The molecule has 0 bridgehead atoms. The van der Waals surface area contributed by atoms with Gasteiger partial charge in [-0.2, -0.15) is 0 Å². The zero-order valence-electron chi connectivity index (χ0n) is 25.7. The Labute approximate surface area is 259 Å². The van der Waals surface area contributed by atoms with Gasteiger partial charge >= 0.3 is 0 Å². The number of rotatable bonds is 0. The van der Waals surface area contributed by atoms with Crippen molar-refractivity contribution in [1.82, 2.24) is 9.80 Å². The minimum Gasteiger partial charge on any atom is -0.306 e. The molecule has 2 heteroatoms. The summed E-state index contributed by atoms with van der Waals surface area (Å²) in [5.74, 6) is 1.67. The van der Waals surface area contributed by atoms with Crippen LogP contribution in [0.4, 0.5) is 0 Å². The van der Waals surface area contributed by atoms with Gasteiger partial charge in [-0.1, -0.05) is 153 Å². The first kappa shape index (κ1) is 71.8. The predicted molar refractivity (Wildman–Crippen MR) is 201 cm³/mol. The molecule has 1 aliphatic carbocycles. The maximum absolute atomic E-state index is 2.55. The van der Waals surface area contributed by atoms with Crippen molar-refractivity contribution in [3.05, 3.63) is 0 Å². The van der Waals surface area contributed by atoms with Crippen molar-refractivity contribution in [3.8, 4) is 0 Å². The van der Waals surface area contributed by atoms with Crippen LogP contribution in [0.3, 0.4) is 0 Å². The van der Waals surface area contributed by atoms with E-state index in [1.54, 1.807) is 0 Å². The SMILES string of the molecule is C.C.C.C.C.C.C.C1CCCC1.CC.CC.CC(C)(C)N1CCCC1.CC(C)C.CC(C)C.CN1CCCC1. The smallest absolute Gasteiger partial charge is 0.0125 e. The molecule has 256 valence electrons. The van der Waals surface area contributed by atoms with Gasteiger partial charge in [-0.05, 0) is 91.5 Å². The Balaban J connectivity index is -0.0000000266. The normalized spacial score (nSPS) is 14.5. The van der Waals surface area contributed by atoms with Gasteiger partial charge in [0.15, 0.2) is 0 Å². The van der Waals surface area contributed by atoms with Crippen molar-refractivity contribution in [2.45, 2.75) is 205 Å². The number of nitrogens with zero attached hydrogens (tertiary/aromatic N) is 2. The average Bonchev–Trinajstić information content (AvgIpc) is 3.48. The van der Waals surface area contributed by atoms with E-state index in [1.165, 1.54) is 84.0 Å². The molecule has 0 aromatic carbocycles. The summed E-state index contributed by atoms with van der Waals surface area (Å²) in [6.07, 6.45) is 13.1. The summed E-state index contributed by atoms with van der Waals surface area (Å²) in [4.78, 5) is 4.91. The van der Waals surface area contributed by atoms with E-state index in [2.05, 4.69) is 79.2 Å². The Bertz CT molecular complexity index is 270. The molecule has 0 aromatic rings.